The summed E-state index contributed by atoms with van der Waals surface area (Å²) in [5.41, 5.74) is 3.36. The molecule has 0 saturated heterocycles. The lowest BCUT2D eigenvalue weighted by atomic mass is 9.86. The van der Waals surface area contributed by atoms with Crippen molar-refractivity contribution in [3.8, 4) is 16.8 Å². The summed E-state index contributed by atoms with van der Waals surface area (Å²) in [6.45, 7) is 0.158. The molecular weight excluding hydrogens is 577 g/mol. The zero-order valence-corrected chi connectivity index (χ0v) is 22.9. The van der Waals surface area contributed by atoms with Crippen LogP contribution in [0.25, 0.3) is 16.8 Å². The average Bonchev–Trinajstić information content (AvgIpc) is 3.52. The van der Waals surface area contributed by atoms with E-state index < -0.39 is 29.6 Å². The molecule has 0 fully saturated rings. The molecule has 13 heteroatoms. The lowest BCUT2D eigenvalue weighted by Gasteiger charge is -2.36. The van der Waals surface area contributed by atoms with Gasteiger partial charge >= 0.3 is 5.97 Å². The number of carbonyl (C=O) groups excluding carboxylic acids is 2. The molecule has 2 aromatic heterocycles. The van der Waals surface area contributed by atoms with Gasteiger partial charge in [-0.15, -0.1) is 5.10 Å². The molecule has 1 aliphatic rings. The Labute approximate surface area is 248 Å². The summed E-state index contributed by atoms with van der Waals surface area (Å²) in [6, 6.07) is 14.4. The van der Waals surface area contributed by atoms with Gasteiger partial charge in [0.25, 0.3) is 11.8 Å². The Morgan fingerprint density at radius 1 is 1.00 bits per heavy atom. The Morgan fingerprint density at radius 3 is 2.49 bits per heavy atom. The highest BCUT2D eigenvalue weighted by atomic mass is 35.5. The maximum absolute atomic E-state index is 14.6. The molecule has 0 saturated carbocycles. The van der Waals surface area contributed by atoms with Crippen molar-refractivity contribution in [2.45, 2.75) is 12.5 Å². The molecule has 0 bridgehead atoms. The van der Waals surface area contributed by atoms with Crippen LogP contribution >= 0.6 is 11.6 Å². The van der Waals surface area contributed by atoms with Crippen molar-refractivity contribution in [2.75, 3.05) is 11.9 Å². The largest absolute Gasteiger partial charge is 0.478 e. The summed E-state index contributed by atoms with van der Waals surface area (Å²) in [5.74, 6) is -2.93. The van der Waals surface area contributed by atoms with E-state index >= 15 is 0 Å². The lowest BCUT2D eigenvalue weighted by Crippen LogP contribution is -2.45. The normalized spacial score (nSPS) is 14.2. The smallest absolute Gasteiger partial charge is 0.335 e. The number of carboxylic acid groups (broad SMARTS) is 1. The van der Waals surface area contributed by atoms with Gasteiger partial charge < -0.3 is 15.3 Å². The van der Waals surface area contributed by atoms with E-state index in [4.69, 9.17) is 11.6 Å². The summed E-state index contributed by atoms with van der Waals surface area (Å²) in [5, 5.41) is 19.8. The number of aromatic carboxylic acids is 1. The molecule has 0 radical (unpaired) electrons. The van der Waals surface area contributed by atoms with Gasteiger partial charge in [0, 0.05) is 30.2 Å². The van der Waals surface area contributed by atoms with Crippen molar-refractivity contribution >= 4 is 35.1 Å². The van der Waals surface area contributed by atoms with Crippen LogP contribution in [-0.4, -0.2) is 59.3 Å². The summed E-state index contributed by atoms with van der Waals surface area (Å²) >= 11 is 5.91. The minimum Gasteiger partial charge on any atom is -0.478 e. The molecule has 3 heterocycles. The molecule has 43 heavy (non-hydrogen) atoms. The number of hydrogen-bond donors (Lipinski definition) is 2. The van der Waals surface area contributed by atoms with E-state index in [-0.39, 0.29) is 28.5 Å². The number of halogens is 2. The molecule has 3 aromatic carbocycles. The van der Waals surface area contributed by atoms with E-state index in [0.29, 0.717) is 17.7 Å². The number of hydrogen-bond acceptors (Lipinski definition) is 7. The van der Waals surface area contributed by atoms with Crippen LogP contribution in [-0.2, 0) is 11.2 Å². The summed E-state index contributed by atoms with van der Waals surface area (Å²) in [4.78, 5) is 48.7. The van der Waals surface area contributed by atoms with Crippen LogP contribution in [0.1, 0.15) is 38.0 Å². The van der Waals surface area contributed by atoms with Gasteiger partial charge in [0.1, 0.15) is 18.1 Å². The highest BCUT2D eigenvalue weighted by Gasteiger charge is 2.38. The monoisotopic (exact) mass is 597 g/mol. The number of carboxylic acids is 1. The van der Waals surface area contributed by atoms with Crippen LogP contribution in [0.2, 0.25) is 5.02 Å². The number of rotatable bonds is 6. The van der Waals surface area contributed by atoms with E-state index in [1.807, 2.05) is 6.07 Å². The summed E-state index contributed by atoms with van der Waals surface area (Å²) in [6.07, 6.45) is 6.47. The lowest BCUT2D eigenvalue weighted by molar-refractivity contribution is -0.121. The second-order valence-corrected chi connectivity index (χ2v) is 10.1. The van der Waals surface area contributed by atoms with Gasteiger partial charge in [-0.3, -0.25) is 9.59 Å². The maximum Gasteiger partial charge on any atom is 0.335 e. The molecule has 0 aliphatic carbocycles. The Morgan fingerprint density at radius 2 is 1.74 bits per heavy atom. The minimum atomic E-state index is -1.10. The number of benzene rings is 3. The maximum atomic E-state index is 14.6. The Bertz CT molecular complexity index is 1860. The number of nitrogens with one attached hydrogen (secondary N) is 1. The highest BCUT2D eigenvalue weighted by Crippen LogP contribution is 2.37. The molecule has 5 aromatic rings. The first kappa shape index (κ1) is 27.7. The molecule has 2 N–H and O–H groups in total. The molecular formula is C30H21ClFN7O4. The van der Waals surface area contributed by atoms with Gasteiger partial charge in [0.05, 0.1) is 16.8 Å². The van der Waals surface area contributed by atoms with E-state index in [9.17, 15) is 23.9 Å². The Balaban J connectivity index is 1.38. The topological polar surface area (TPSA) is 143 Å². The number of amides is 2. The zero-order chi connectivity index (χ0) is 30.1. The van der Waals surface area contributed by atoms with Crippen LogP contribution in [0.3, 0.4) is 0 Å². The first-order valence-corrected chi connectivity index (χ1v) is 13.4. The quantitative estimate of drug-likeness (QED) is 0.289. The van der Waals surface area contributed by atoms with E-state index in [2.05, 4.69) is 25.6 Å². The van der Waals surface area contributed by atoms with Gasteiger partial charge in [0.2, 0.25) is 0 Å². The molecule has 0 unspecified atom stereocenters. The number of aromatic nitrogens is 5. The zero-order valence-electron chi connectivity index (χ0n) is 22.2. The fourth-order valence-electron chi connectivity index (χ4n) is 5.08. The number of fused-ring (bicyclic) bond motifs is 1. The molecule has 1 atom stereocenters. The molecule has 11 nitrogen and oxygen atoms in total. The predicted molar refractivity (Wildman–Crippen MR) is 153 cm³/mol. The van der Waals surface area contributed by atoms with Gasteiger partial charge in [-0.1, -0.05) is 41.1 Å². The number of nitrogens with zero attached hydrogens (tertiary/aromatic N) is 6. The van der Waals surface area contributed by atoms with Crippen LogP contribution < -0.4 is 5.32 Å². The molecule has 6 rings (SSSR count). The molecule has 214 valence electrons. The molecule has 0 spiro atoms. The Hall–Kier alpha value is -5.49. The number of anilines is 1. The van der Waals surface area contributed by atoms with Crippen molar-refractivity contribution in [3.63, 3.8) is 0 Å². The highest BCUT2D eigenvalue weighted by molar-refractivity contribution is 6.30. The number of carbonyl (C=O) groups is 3. The average molecular weight is 598 g/mol. The van der Waals surface area contributed by atoms with Crippen LogP contribution in [0.15, 0.2) is 85.6 Å². The molecule has 2 amide bonds. The summed E-state index contributed by atoms with van der Waals surface area (Å²) in [7, 11) is 0. The second-order valence-electron chi connectivity index (χ2n) is 9.64. The van der Waals surface area contributed by atoms with E-state index in [1.54, 1.807) is 30.6 Å². The van der Waals surface area contributed by atoms with Gasteiger partial charge in [0.15, 0.2) is 11.5 Å². The standard InChI is InChI=1S/C30H21ClFN7O4/c31-23-5-2-6-25(26(23)32)39-15-24(36-37-39)29(41)38-12-11-21-20(18-13-33-16-34-14-18)3-1-4-22(21)27(38)28(40)35-19-9-7-17(8-10-19)30(42)43/h1-10,13-16,27H,11-12H2,(H,35,40)(H,42,43)/t27-/m0/s1. The molecule has 1 aliphatic heterocycles. The first-order chi connectivity index (χ1) is 20.8. The second kappa shape index (κ2) is 11.4. The fourth-order valence-corrected chi connectivity index (χ4v) is 5.25. The van der Waals surface area contributed by atoms with Crippen molar-refractivity contribution < 1.29 is 23.9 Å². The van der Waals surface area contributed by atoms with Crippen LogP contribution in [0.4, 0.5) is 10.1 Å². The van der Waals surface area contributed by atoms with Gasteiger partial charge in [-0.05, 0) is 59.5 Å². The van der Waals surface area contributed by atoms with E-state index in [0.717, 1.165) is 21.4 Å². The van der Waals surface area contributed by atoms with Crippen molar-refractivity contribution in [1.82, 2.24) is 29.9 Å². The minimum absolute atomic E-state index is 0.0110. The first-order valence-electron chi connectivity index (χ1n) is 13.0. The van der Waals surface area contributed by atoms with Crippen molar-refractivity contribution in [1.29, 1.82) is 0 Å². The third kappa shape index (κ3) is 5.31. The third-order valence-electron chi connectivity index (χ3n) is 7.09. The fraction of sp³-hybridized carbons (Fsp3) is 0.100. The van der Waals surface area contributed by atoms with Gasteiger partial charge in [-0.25, -0.2) is 23.8 Å². The SMILES string of the molecule is O=C(O)c1ccc(NC(=O)[C@@H]2c3cccc(-c4cncnc4)c3CCN2C(=O)c2cn(-c3cccc(Cl)c3F)nn2)cc1. The predicted octanol–water partition coefficient (Wildman–Crippen LogP) is 4.59. The van der Waals surface area contributed by atoms with E-state index in [1.165, 1.54) is 53.8 Å². The van der Waals surface area contributed by atoms with Gasteiger partial charge in [-0.2, -0.15) is 0 Å². The third-order valence-corrected chi connectivity index (χ3v) is 7.38. The summed E-state index contributed by atoms with van der Waals surface area (Å²) < 4.78 is 15.7. The van der Waals surface area contributed by atoms with Crippen molar-refractivity contribution in [3.05, 3.63) is 119 Å². The van der Waals surface area contributed by atoms with Crippen LogP contribution in [0, 0.1) is 5.82 Å². The Kier molecular flexibility index (Phi) is 7.34. The van der Waals surface area contributed by atoms with Crippen molar-refractivity contribution in [2.24, 2.45) is 0 Å². The van der Waals surface area contributed by atoms with Crippen LogP contribution in [0.5, 0.6) is 0 Å².